The Kier molecular flexibility index (Phi) is 4.22. The van der Waals surface area contributed by atoms with Crippen LogP contribution in [0.1, 0.15) is 35.7 Å². The Bertz CT molecular complexity index is 516. The van der Waals surface area contributed by atoms with Gasteiger partial charge in [0.15, 0.2) is 10.9 Å². The molecule has 1 aromatic rings. The van der Waals surface area contributed by atoms with Gasteiger partial charge in [-0.3, -0.25) is 9.59 Å². The minimum Gasteiger partial charge on any atom is -0.294 e. The van der Waals surface area contributed by atoms with Crippen LogP contribution in [0.5, 0.6) is 0 Å². The molecule has 92 valence electrons. The first kappa shape index (κ1) is 12.9. The maximum Gasteiger partial charge on any atom is 0.186 e. The van der Waals surface area contributed by atoms with E-state index in [4.69, 9.17) is 0 Å². The summed E-state index contributed by atoms with van der Waals surface area (Å²) in [7, 11) is 0. The van der Waals surface area contributed by atoms with E-state index in [9.17, 15) is 9.59 Å². The molecule has 0 aliphatic heterocycles. The topological polar surface area (TPSA) is 34.1 Å². The molecule has 1 saturated carbocycles. The molecule has 0 atom stereocenters. The van der Waals surface area contributed by atoms with E-state index in [1.807, 2.05) is 24.3 Å². The quantitative estimate of drug-likeness (QED) is 0.617. The fourth-order valence-corrected chi connectivity index (χ4v) is 1.92. The van der Waals surface area contributed by atoms with E-state index in [0.717, 1.165) is 24.0 Å². The molecule has 3 heteroatoms. The minimum absolute atomic E-state index is 0.0784. The molecule has 2 nitrogen and oxygen atoms in total. The Hall–Kier alpha value is -1.53. The lowest BCUT2D eigenvalue weighted by molar-refractivity contribution is -0.109. The van der Waals surface area contributed by atoms with Crippen LogP contribution in [0, 0.1) is 17.8 Å². The SMILES string of the molecule is CC(=O)SCC#Cc1ccc(C(=O)C2CC2)cc1. The van der Waals surface area contributed by atoms with Gasteiger partial charge in [-0.1, -0.05) is 35.7 Å². The van der Waals surface area contributed by atoms with Gasteiger partial charge >= 0.3 is 0 Å². The standard InChI is InChI=1S/C15H14O2S/c1-11(16)18-10-2-3-12-4-6-13(7-5-12)15(17)14-8-9-14/h4-7,14H,8-10H2,1H3. The van der Waals surface area contributed by atoms with Gasteiger partial charge in [-0.25, -0.2) is 0 Å². The lowest BCUT2D eigenvalue weighted by atomic mass is 10.1. The second-order valence-electron chi connectivity index (χ2n) is 4.30. The summed E-state index contributed by atoms with van der Waals surface area (Å²) in [6.45, 7) is 1.53. The highest BCUT2D eigenvalue weighted by Gasteiger charge is 2.30. The van der Waals surface area contributed by atoms with Gasteiger partial charge in [-0.2, -0.15) is 0 Å². The molecule has 1 aliphatic rings. The summed E-state index contributed by atoms with van der Waals surface area (Å²) >= 11 is 1.20. The summed E-state index contributed by atoms with van der Waals surface area (Å²) in [5.41, 5.74) is 1.66. The van der Waals surface area contributed by atoms with Crippen molar-refractivity contribution in [3.8, 4) is 11.8 Å². The van der Waals surface area contributed by atoms with Crippen molar-refractivity contribution in [3.63, 3.8) is 0 Å². The number of hydrogen-bond acceptors (Lipinski definition) is 3. The predicted molar refractivity (Wildman–Crippen MR) is 73.5 cm³/mol. The maximum atomic E-state index is 11.8. The highest BCUT2D eigenvalue weighted by molar-refractivity contribution is 8.13. The second-order valence-corrected chi connectivity index (χ2v) is 5.45. The fourth-order valence-electron chi connectivity index (χ4n) is 1.57. The zero-order chi connectivity index (χ0) is 13.0. The van der Waals surface area contributed by atoms with Crippen LogP contribution in [0.25, 0.3) is 0 Å². The van der Waals surface area contributed by atoms with Gasteiger partial charge in [0.1, 0.15) is 0 Å². The molecule has 0 unspecified atom stereocenters. The van der Waals surface area contributed by atoms with Crippen molar-refractivity contribution in [3.05, 3.63) is 35.4 Å². The number of carbonyl (C=O) groups excluding carboxylic acids is 2. The molecule has 0 saturated heterocycles. The Morgan fingerprint density at radius 2 is 1.94 bits per heavy atom. The summed E-state index contributed by atoms with van der Waals surface area (Å²) in [4.78, 5) is 22.5. The van der Waals surface area contributed by atoms with Crippen LogP contribution in [-0.2, 0) is 4.79 Å². The third-order valence-electron chi connectivity index (χ3n) is 2.70. The molecule has 0 bridgehead atoms. The third-order valence-corrected chi connectivity index (χ3v) is 3.39. The minimum atomic E-state index is 0.0784. The van der Waals surface area contributed by atoms with Crippen LogP contribution >= 0.6 is 11.8 Å². The number of hydrogen-bond donors (Lipinski definition) is 0. The van der Waals surface area contributed by atoms with Crippen LogP contribution in [-0.4, -0.2) is 16.7 Å². The van der Waals surface area contributed by atoms with Gasteiger partial charge < -0.3 is 0 Å². The molecular weight excluding hydrogens is 244 g/mol. The first-order valence-electron chi connectivity index (χ1n) is 5.93. The van der Waals surface area contributed by atoms with E-state index in [0.29, 0.717) is 5.75 Å². The van der Waals surface area contributed by atoms with Crippen LogP contribution in [0.2, 0.25) is 0 Å². The first-order chi connectivity index (χ1) is 8.66. The average Bonchev–Trinajstić information content (AvgIpc) is 3.18. The van der Waals surface area contributed by atoms with Crippen molar-refractivity contribution in [2.75, 3.05) is 5.75 Å². The largest absolute Gasteiger partial charge is 0.294 e. The molecule has 0 amide bonds. The van der Waals surface area contributed by atoms with Crippen molar-refractivity contribution in [1.82, 2.24) is 0 Å². The molecule has 0 aromatic heterocycles. The van der Waals surface area contributed by atoms with Gasteiger partial charge in [0.25, 0.3) is 0 Å². The number of rotatable bonds is 3. The fraction of sp³-hybridized carbons (Fsp3) is 0.333. The molecule has 0 heterocycles. The van der Waals surface area contributed by atoms with Crippen molar-refractivity contribution >= 4 is 22.7 Å². The molecule has 0 N–H and O–H groups in total. The molecule has 2 rings (SSSR count). The molecule has 18 heavy (non-hydrogen) atoms. The molecule has 1 fully saturated rings. The van der Waals surface area contributed by atoms with E-state index in [1.54, 1.807) is 0 Å². The van der Waals surface area contributed by atoms with Gasteiger partial charge in [0, 0.05) is 24.0 Å². The Balaban J connectivity index is 1.94. The van der Waals surface area contributed by atoms with E-state index in [-0.39, 0.29) is 16.8 Å². The summed E-state index contributed by atoms with van der Waals surface area (Å²) in [6, 6.07) is 7.40. The summed E-state index contributed by atoms with van der Waals surface area (Å²) in [5.74, 6) is 6.92. The predicted octanol–water partition coefficient (Wildman–Crippen LogP) is 2.91. The zero-order valence-electron chi connectivity index (χ0n) is 10.2. The molecular formula is C15H14O2S. The van der Waals surface area contributed by atoms with Crippen LogP contribution in [0.15, 0.2) is 24.3 Å². The van der Waals surface area contributed by atoms with Crippen molar-refractivity contribution in [1.29, 1.82) is 0 Å². The van der Waals surface area contributed by atoms with E-state index in [2.05, 4.69) is 11.8 Å². The third kappa shape index (κ3) is 3.75. The Labute approximate surface area is 111 Å². The Morgan fingerprint density at radius 1 is 1.28 bits per heavy atom. The molecule has 0 spiro atoms. The van der Waals surface area contributed by atoms with E-state index >= 15 is 0 Å². The van der Waals surface area contributed by atoms with E-state index in [1.165, 1.54) is 18.7 Å². The zero-order valence-corrected chi connectivity index (χ0v) is 11.0. The van der Waals surface area contributed by atoms with Gasteiger partial charge in [0.05, 0.1) is 5.75 Å². The summed E-state index contributed by atoms with van der Waals surface area (Å²) in [5, 5.41) is 0.0784. The summed E-state index contributed by atoms with van der Waals surface area (Å²) < 4.78 is 0. The maximum absolute atomic E-state index is 11.8. The number of ketones is 1. The number of carbonyl (C=O) groups is 2. The lowest BCUT2D eigenvalue weighted by Crippen LogP contribution is -2.00. The van der Waals surface area contributed by atoms with Gasteiger partial charge in [-0.15, -0.1) is 0 Å². The normalized spacial score (nSPS) is 13.6. The number of Topliss-reactive ketones (excluding diaryl/α,β-unsaturated/α-hetero) is 1. The van der Waals surface area contributed by atoms with Crippen molar-refractivity contribution in [2.24, 2.45) is 5.92 Å². The molecule has 1 aliphatic carbocycles. The molecule has 0 radical (unpaired) electrons. The van der Waals surface area contributed by atoms with Crippen LogP contribution in [0.4, 0.5) is 0 Å². The van der Waals surface area contributed by atoms with E-state index < -0.39 is 0 Å². The van der Waals surface area contributed by atoms with Crippen LogP contribution < -0.4 is 0 Å². The first-order valence-corrected chi connectivity index (χ1v) is 6.92. The smallest absolute Gasteiger partial charge is 0.186 e. The highest BCUT2D eigenvalue weighted by atomic mass is 32.2. The van der Waals surface area contributed by atoms with Gasteiger partial charge in [0.2, 0.25) is 0 Å². The average molecular weight is 258 g/mol. The molecule has 1 aromatic carbocycles. The highest BCUT2D eigenvalue weighted by Crippen LogP contribution is 2.32. The second kappa shape index (κ2) is 5.88. The van der Waals surface area contributed by atoms with Crippen molar-refractivity contribution < 1.29 is 9.59 Å². The van der Waals surface area contributed by atoms with Gasteiger partial charge in [-0.05, 0) is 25.0 Å². The summed E-state index contributed by atoms with van der Waals surface area (Å²) in [6.07, 6.45) is 2.06. The number of thioether (sulfide) groups is 1. The lowest BCUT2D eigenvalue weighted by Gasteiger charge is -1.98. The monoisotopic (exact) mass is 258 g/mol. The number of benzene rings is 1. The Morgan fingerprint density at radius 3 is 2.50 bits per heavy atom. The van der Waals surface area contributed by atoms with Crippen molar-refractivity contribution in [2.45, 2.75) is 19.8 Å². The van der Waals surface area contributed by atoms with Crippen LogP contribution in [0.3, 0.4) is 0 Å².